The molecule has 3 heterocycles. The average molecular weight is 615 g/mol. The number of aryl methyl sites for hydroxylation is 1. The number of carbonyl (C=O) groups excluding carboxylic acids is 1. The smallest absolute Gasteiger partial charge is 0.320 e. The topological polar surface area (TPSA) is 214 Å². The van der Waals surface area contributed by atoms with Gasteiger partial charge in [-0.2, -0.15) is 9.97 Å². The molecule has 2 atom stereocenters. The van der Waals surface area contributed by atoms with Gasteiger partial charge in [-0.25, -0.2) is 0 Å². The first-order valence-corrected chi connectivity index (χ1v) is 16.1. The predicted octanol–water partition coefficient (Wildman–Crippen LogP) is 0.832. The highest BCUT2D eigenvalue weighted by molar-refractivity contribution is 5.78. The van der Waals surface area contributed by atoms with Crippen molar-refractivity contribution in [3.8, 4) is 0 Å². The number of nitrogens with one attached hydrogen (secondary N) is 4. The fourth-order valence-electron chi connectivity index (χ4n) is 5.72. The second-order valence-corrected chi connectivity index (χ2v) is 11.9. The number of hydrogen-bond donors (Lipinski definition) is 7. The summed E-state index contributed by atoms with van der Waals surface area (Å²) < 4.78 is 1.85. The number of nitrogen functional groups attached to an aromatic ring is 1. The standard InChI is InChI=1S/C29H50N12O3/c30-24(28(43)44)10-11-27(42)35-22-9-4-15-40(19-22)26-17-25(31)36-29(37-26)34-18-23-20-41(39-38-23)16-6-13-32-12-5-14-33-21-7-2-1-3-8-21/h17,20-22,24,32-33H,1-16,18-19,30H2,(H,35,42)(H,43,44)(H3,31,34,36,37)/t22?,24-/m0/s1. The molecule has 15 heteroatoms. The van der Waals surface area contributed by atoms with Crippen molar-refractivity contribution >= 4 is 29.5 Å². The van der Waals surface area contributed by atoms with Gasteiger partial charge in [-0.3, -0.25) is 14.3 Å². The van der Waals surface area contributed by atoms with Gasteiger partial charge in [0.1, 0.15) is 23.4 Å². The van der Waals surface area contributed by atoms with E-state index >= 15 is 0 Å². The van der Waals surface area contributed by atoms with Crippen LogP contribution < -0.4 is 37.6 Å². The molecule has 0 aromatic carbocycles. The normalized spacial score (nSPS) is 18.2. The summed E-state index contributed by atoms with van der Waals surface area (Å²) in [6, 6.07) is 1.32. The van der Waals surface area contributed by atoms with Crippen molar-refractivity contribution in [1.82, 2.24) is 40.9 Å². The van der Waals surface area contributed by atoms with E-state index in [1.165, 1.54) is 32.1 Å². The number of anilines is 3. The van der Waals surface area contributed by atoms with Crippen LogP contribution in [0.2, 0.25) is 0 Å². The van der Waals surface area contributed by atoms with E-state index in [0.717, 1.165) is 70.1 Å². The van der Waals surface area contributed by atoms with Gasteiger partial charge in [0.05, 0.1) is 12.7 Å². The van der Waals surface area contributed by atoms with Gasteiger partial charge in [-0.15, -0.1) is 5.10 Å². The Bertz CT molecular complexity index is 1170. The summed E-state index contributed by atoms with van der Waals surface area (Å²) in [7, 11) is 0. The molecule has 1 amide bonds. The highest BCUT2D eigenvalue weighted by Crippen LogP contribution is 2.22. The lowest BCUT2D eigenvalue weighted by atomic mass is 9.95. The summed E-state index contributed by atoms with van der Waals surface area (Å²) in [6.45, 7) is 5.58. The zero-order valence-electron chi connectivity index (χ0n) is 25.7. The lowest BCUT2D eigenvalue weighted by Gasteiger charge is -2.34. The molecule has 44 heavy (non-hydrogen) atoms. The maximum Gasteiger partial charge on any atom is 0.320 e. The molecule has 2 aromatic rings. The second kappa shape index (κ2) is 17.7. The van der Waals surface area contributed by atoms with Crippen molar-refractivity contribution in [3.05, 3.63) is 18.0 Å². The van der Waals surface area contributed by atoms with Crippen LogP contribution >= 0.6 is 0 Å². The summed E-state index contributed by atoms with van der Waals surface area (Å²) in [4.78, 5) is 34.3. The lowest BCUT2D eigenvalue weighted by Crippen LogP contribution is -2.48. The fourth-order valence-corrected chi connectivity index (χ4v) is 5.72. The fraction of sp³-hybridized carbons (Fsp3) is 0.724. The van der Waals surface area contributed by atoms with Crippen LogP contribution in [0, 0.1) is 0 Å². The Labute approximate surface area is 259 Å². The first-order valence-electron chi connectivity index (χ1n) is 16.1. The number of nitrogens with two attached hydrogens (primary N) is 2. The van der Waals surface area contributed by atoms with Crippen LogP contribution in [-0.2, 0) is 22.7 Å². The number of carboxylic acids is 1. The molecule has 4 rings (SSSR count). The maximum absolute atomic E-state index is 12.3. The largest absolute Gasteiger partial charge is 0.480 e. The van der Waals surface area contributed by atoms with Gasteiger partial charge in [0.2, 0.25) is 11.9 Å². The molecule has 1 aliphatic heterocycles. The van der Waals surface area contributed by atoms with Crippen LogP contribution in [-0.4, -0.2) is 92.8 Å². The Hall–Kier alpha value is -3.56. The Kier molecular flexibility index (Phi) is 13.4. The molecule has 1 saturated heterocycles. The summed E-state index contributed by atoms with van der Waals surface area (Å²) >= 11 is 0. The molecule has 244 valence electrons. The number of aliphatic carboxylic acids is 1. The number of carboxylic acid groups (broad SMARTS) is 1. The molecule has 1 unspecified atom stereocenters. The minimum atomic E-state index is -1.11. The number of piperidine rings is 1. The molecule has 15 nitrogen and oxygen atoms in total. The van der Waals surface area contributed by atoms with E-state index in [1.807, 2.05) is 10.9 Å². The van der Waals surface area contributed by atoms with Crippen molar-refractivity contribution in [2.24, 2.45) is 5.73 Å². The molecule has 0 bridgehead atoms. The SMILES string of the molecule is Nc1cc(N2CCCC(NC(=O)CC[C@H](N)C(=O)O)C2)nc(NCc2cn(CCCNCCCNC3CCCCC3)nn2)n1. The summed E-state index contributed by atoms with van der Waals surface area (Å²) in [5.74, 6) is 0.0918. The minimum absolute atomic E-state index is 0.0677. The summed E-state index contributed by atoms with van der Waals surface area (Å²) in [5.41, 5.74) is 12.4. The van der Waals surface area contributed by atoms with E-state index in [9.17, 15) is 9.59 Å². The molecule has 1 aliphatic carbocycles. The highest BCUT2D eigenvalue weighted by atomic mass is 16.4. The van der Waals surface area contributed by atoms with Gasteiger partial charge in [0, 0.05) is 44.2 Å². The number of amides is 1. The van der Waals surface area contributed by atoms with Crippen LogP contribution in [0.5, 0.6) is 0 Å². The van der Waals surface area contributed by atoms with Crippen molar-refractivity contribution < 1.29 is 14.7 Å². The van der Waals surface area contributed by atoms with E-state index < -0.39 is 12.0 Å². The predicted molar refractivity (Wildman–Crippen MR) is 169 cm³/mol. The zero-order valence-corrected chi connectivity index (χ0v) is 25.7. The third kappa shape index (κ3) is 11.5. The molecular weight excluding hydrogens is 564 g/mol. The number of rotatable bonds is 18. The van der Waals surface area contributed by atoms with E-state index in [2.05, 4.69) is 46.4 Å². The van der Waals surface area contributed by atoms with Crippen molar-refractivity contribution in [2.75, 3.05) is 48.7 Å². The van der Waals surface area contributed by atoms with Gasteiger partial charge in [0.15, 0.2) is 0 Å². The van der Waals surface area contributed by atoms with Crippen LogP contribution in [0.3, 0.4) is 0 Å². The van der Waals surface area contributed by atoms with Gasteiger partial charge in [0.25, 0.3) is 0 Å². The number of aromatic nitrogens is 5. The average Bonchev–Trinajstić information content (AvgIpc) is 3.48. The first kappa shape index (κ1) is 33.3. The monoisotopic (exact) mass is 614 g/mol. The molecule has 2 fully saturated rings. The Morgan fingerprint density at radius 2 is 1.84 bits per heavy atom. The van der Waals surface area contributed by atoms with E-state index in [-0.39, 0.29) is 24.8 Å². The van der Waals surface area contributed by atoms with Gasteiger partial charge >= 0.3 is 5.97 Å². The molecular formula is C29H50N12O3. The van der Waals surface area contributed by atoms with Gasteiger partial charge in [-0.05, 0) is 64.6 Å². The quantitative estimate of drug-likeness (QED) is 0.116. The molecule has 0 spiro atoms. The molecule has 1 saturated carbocycles. The molecule has 9 N–H and O–H groups in total. The Morgan fingerprint density at radius 3 is 2.66 bits per heavy atom. The van der Waals surface area contributed by atoms with Gasteiger partial charge < -0.3 is 42.7 Å². The zero-order chi connectivity index (χ0) is 31.1. The highest BCUT2D eigenvalue weighted by Gasteiger charge is 2.24. The minimum Gasteiger partial charge on any atom is -0.480 e. The summed E-state index contributed by atoms with van der Waals surface area (Å²) in [6.07, 6.45) is 12.7. The van der Waals surface area contributed by atoms with E-state index in [0.29, 0.717) is 30.7 Å². The van der Waals surface area contributed by atoms with Crippen LogP contribution in [0.15, 0.2) is 12.3 Å². The van der Waals surface area contributed by atoms with Crippen molar-refractivity contribution in [1.29, 1.82) is 0 Å². The summed E-state index contributed by atoms with van der Waals surface area (Å²) in [5, 5.41) is 30.8. The third-order valence-electron chi connectivity index (χ3n) is 8.17. The molecule has 2 aliphatic rings. The lowest BCUT2D eigenvalue weighted by molar-refractivity contribution is -0.138. The third-order valence-corrected chi connectivity index (χ3v) is 8.17. The van der Waals surface area contributed by atoms with Gasteiger partial charge in [-0.1, -0.05) is 24.5 Å². The Morgan fingerprint density at radius 1 is 1.05 bits per heavy atom. The maximum atomic E-state index is 12.3. The number of hydrogen-bond acceptors (Lipinski definition) is 12. The molecule has 2 aromatic heterocycles. The second-order valence-electron chi connectivity index (χ2n) is 11.9. The van der Waals surface area contributed by atoms with Crippen molar-refractivity contribution in [3.63, 3.8) is 0 Å². The van der Waals surface area contributed by atoms with Crippen molar-refractivity contribution in [2.45, 2.75) is 102 Å². The molecule has 0 radical (unpaired) electrons. The number of nitrogens with zero attached hydrogens (tertiary/aromatic N) is 6. The number of carbonyl (C=O) groups is 2. The van der Waals surface area contributed by atoms with E-state index in [4.69, 9.17) is 16.6 Å². The first-order chi connectivity index (χ1) is 21.4. The Balaban J connectivity index is 1.14. The van der Waals surface area contributed by atoms with Crippen LogP contribution in [0.25, 0.3) is 0 Å². The van der Waals surface area contributed by atoms with Crippen LogP contribution in [0.4, 0.5) is 17.6 Å². The van der Waals surface area contributed by atoms with E-state index in [1.54, 1.807) is 6.07 Å². The van der Waals surface area contributed by atoms with Crippen LogP contribution in [0.1, 0.15) is 76.3 Å².